The van der Waals surface area contributed by atoms with Gasteiger partial charge in [-0.2, -0.15) is 5.10 Å². The molecule has 2 aromatic heterocycles. The summed E-state index contributed by atoms with van der Waals surface area (Å²) in [6.07, 6.45) is 5.10. The molecule has 1 atom stereocenters. The van der Waals surface area contributed by atoms with Gasteiger partial charge in [0.1, 0.15) is 5.82 Å². The third-order valence-corrected chi connectivity index (χ3v) is 5.77. The van der Waals surface area contributed by atoms with E-state index in [-0.39, 0.29) is 5.82 Å². The fourth-order valence-corrected chi connectivity index (χ4v) is 4.15. The fraction of sp³-hybridized carbons (Fsp3) is 0.391. The Kier molecular flexibility index (Phi) is 5.27. The van der Waals surface area contributed by atoms with Gasteiger partial charge in [-0.3, -0.25) is 14.6 Å². The van der Waals surface area contributed by atoms with E-state index >= 15 is 0 Å². The van der Waals surface area contributed by atoms with Gasteiger partial charge in [-0.05, 0) is 75.0 Å². The van der Waals surface area contributed by atoms with Gasteiger partial charge in [0.05, 0.1) is 17.9 Å². The van der Waals surface area contributed by atoms with Gasteiger partial charge in [-0.15, -0.1) is 0 Å². The molecular formula is C23H27FN4. The quantitative estimate of drug-likeness (QED) is 0.656. The van der Waals surface area contributed by atoms with Gasteiger partial charge in [0.15, 0.2) is 0 Å². The Bertz CT molecular complexity index is 961. The standard InChI is InChI=1S/C23H27FN4/c1-16-11-19(12-18-6-8-21(24)9-7-18)13-22(26-16)23-5-4-10-28(23)15-20-14-25-27(3)17(20)2/h6-9,11,13-14,23H,4-5,10,12,15H2,1-3H3/t23-/m1/s1. The summed E-state index contributed by atoms with van der Waals surface area (Å²) in [5.41, 5.74) is 7.05. The van der Waals surface area contributed by atoms with Gasteiger partial charge in [-0.25, -0.2) is 4.39 Å². The third-order valence-electron chi connectivity index (χ3n) is 5.77. The van der Waals surface area contributed by atoms with Gasteiger partial charge < -0.3 is 0 Å². The van der Waals surface area contributed by atoms with Crippen LogP contribution in [0, 0.1) is 19.7 Å². The Hall–Kier alpha value is -2.53. The smallest absolute Gasteiger partial charge is 0.123 e. The van der Waals surface area contributed by atoms with Crippen LogP contribution in [0.3, 0.4) is 0 Å². The number of rotatable bonds is 5. The largest absolute Gasteiger partial charge is 0.290 e. The molecule has 0 bridgehead atoms. The van der Waals surface area contributed by atoms with E-state index in [4.69, 9.17) is 4.98 Å². The summed E-state index contributed by atoms with van der Waals surface area (Å²) in [5, 5.41) is 4.38. The molecule has 1 aliphatic heterocycles. The molecule has 0 aliphatic carbocycles. The van der Waals surface area contributed by atoms with Crippen LogP contribution in [0.2, 0.25) is 0 Å². The van der Waals surface area contributed by atoms with Crippen LogP contribution in [0.1, 0.15) is 52.7 Å². The molecule has 146 valence electrons. The average Bonchev–Trinajstić information content (AvgIpc) is 3.25. The molecule has 0 spiro atoms. The highest BCUT2D eigenvalue weighted by Gasteiger charge is 2.28. The molecule has 1 fully saturated rings. The molecule has 4 nitrogen and oxygen atoms in total. The Morgan fingerprint density at radius 1 is 1.11 bits per heavy atom. The van der Waals surface area contributed by atoms with Gasteiger partial charge >= 0.3 is 0 Å². The maximum absolute atomic E-state index is 13.2. The van der Waals surface area contributed by atoms with Gasteiger partial charge in [0.25, 0.3) is 0 Å². The highest BCUT2D eigenvalue weighted by molar-refractivity contribution is 5.30. The van der Waals surface area contributed by atoms with Crippen LogP contribution in [0.25, 0.3) is 0 Å². The summed E-state index contributed by atoms with van der Waals surface area (Å²) in [4.78, 5) is 7.39. The van der Waals surface area contributed by atoms with Crippen molar-refractivity contribution in [3.63, 3.8) is 0 Å². The zero-order chi connectivity index (χ0) is 19.7. The molecule has 4 rings (SSSR count). The molecule has 3 aromatic rings. The summed E-state index contributed by atoms with van der Waals surface area (Å²) < 4.78 is 15.1. The Morgan fingerprint density at radius 2 is 1.89 bits per heavy atom. The van der Waals surface area contributed by atoms with E-state index in [1.807, 2.05) is 30.1 Å². The number of aromatic nitrogens is 3. The van der Waals surface area contributed by atoms with Crippen LogP contribution in [0.4, 0.5) is 4.39 Å². The van der Waals surface area contributed by atoms with E-state index in [0.29, 0.717) is 6.04 Å². The van der Waals surface area contributed by atoms with Crippen molar-refractivity contribution in [2.75, 3.05) is 6.54 Å². The summed E-state index contributed by atoms with van der Waals surface area (Å²) in [5.74, 6) is -0.192. The fourth-order valence-electron chi connectivity index (χ4n) is 4.15. The van der Waals surface area contributed by atoms with Crippen LogP contribution in [0.15, 0.2) is 42.6 Å². The zero-order valence-electron chi connectivity index (χ0n) is 16.8. The minimum atomic E-state index is -0.192. The normalized spacial score (nSPS) is 17.4. The first-order chi connectivity index (χ1) is 13.5. The van der Waals surface area contributed by atoms with Gasteiger partial charge in [-0.1, -0.05) is 12.1 Å². The minimum Gasteiger partial charge on any atom is -0.290 e. The SMILES string of the molecule is Cc1cc(Cc2ccc(F)cc2)cc([C@H]2CCCN2Cc2cnn(C)c2C)n1. The molecular weight excluding hydrogens is 351 g/mol. The lowest BCUT2D eigenvalue weighted by molar-refractivity contribution is 0.243. The first-order valence-corrected chi connectivity index (χ1v) is 9.93. The molecule has 1 saturated heterocycles. The Balaban J connectivity index is 1.56. The van der Waals surface area contributed by atoms with Crippen molar-refractivity contribution >= 4 is 0 Å². The second kappa shape index (κ2) is 7.84. The monoisotopic (exact) mass is 378 g/mol. The van der Waals surface area contributed by atoms with Crippen LogP contribution in [-0.4, -0.2) is 26.2 Å². The van der Waals surface area contributed by atoms with Crippen molar-refractivity contribution in [2.45, 2.75) is 45.7 Å². The molecule has 1 aliphatic rings. The van der Waals surface area contributed by atoms with Crippen LogP contribution >= 0.6 is 0 Å². The molecule has 3 heterocycles. The average molecular weight is 378 g/mol. The van der Waals surface area contributed by atoms with E-state index in [1.165, 1.54) is 35.4 Å². The van der Waals surface area contributed by atoms with Crippen molar-refractivity contribution in [1.29, 1.82) is 0 Å². The van der Waals surface area contributed by atoms with Crippen LogP contribution in [0.5, 0.6) is 0 Å². The zero-order valence-corrected chi connectivity index (χ0v) is 16.8. The number of aryl methyl sites for hydroxylation is 2. The van der Waals surface area contributed by atoms with Gasteiger partial charge in [0.2, 0.25) is 0 Å². The van der Waals surface area contributed by atoms with Crippen LogP contribution in [-0.2, 0) is 20.0 Å². The molecule has 0 N–H and O–H groups in total. The lowest BCUT2D eigenvalue weighted by Crippen LogP contribution is -2.24. The molecule has 1 aromatic carbocycles. The number of hydrogen-bond donors (Lipinski definition) is 0. The maximum atomic E-state index is 13.2. The number of nitrogens with zero attached hydrogens (tertiary/aromatic N) is 4. The van der Waals surface area contributed by atoms with E-state index in [1.54, 1.807) is 0 Å². The molecule has 0 unspecified atom stereocenters. The molecule has 28 heavy (non-hydrogen) atoms. The number of benzene rings is 1. The third kappa shape index (κ3) is 3.99. The van der Waals surface area contributed by atoms with E-state index in [9.17, 15) is 4.39 Å². The number of pyridine rings is 1. The molecule has 0 amide bonds. The van der Waals surface area contributed by atoms with Crippen molar-refractivity contribution < 1.29 is 4.39 Å². The number of hydrogen-bond acceptors (Lipinski definition) is 3. The first kappa shape index (κ1) is 18.8. The van der Waals surface area contributed by atoms with Crippen molar-refractivity contribution in [2.24, 2.45) is 7.05 Å². The number of halogens is 1. The lowest BCUT2D eigenvalue weighted by atomic mass is 10.0. The summed E-state index contributed by atoms with van der Waals surface area (Å²) in [6.45, 7) is 6.18. The van der Waals surface area contributed by atoms with E-state index < -0.39 is 0 Å². The predicted octanol–water partition coefficient (Wildman–Crippen LogP) is 4.50. The van der Waals surface area contributed by atoms with Crippen LogP contribution < -0.4 is 0 Å². The summed E-state index contributed by atoms with van der Waals surface area (Å²) >= 11 is 0. The summed E-state index contributed by atoms with van der Waals surface area (Å²) in [6, 6.07) is 11.5. The number of likely N-dealkylation sites (tertiary alicyclic amines) is 1. The second-order valence-corrected chi connectivity index (χ2v) is 7.85. The topological polar surface area (TPSA) is 34.0 Å². The first-order valence-electron chi connectivity index (χ1n) is 9.93. The Labute approximate surface area is 166 Å². The van der Waals surface area contributed by atoms with E-state index in [0.717, 1.165) is 42.9 Å². The van der Waals surface area contributed by atoms with Crippen molar-refractivity contribution in [3.8, 4) is 0 Å². The second-order valence-electron chi connectivity index (χ2n) is 7.85. The van der Waals surface area contributed by atoms with Crippen molar-refractivity contribution in [3.05, 3.63) is 82.2 Å². The summed E-state index contributed by atoms with van der Waals surface area (Å²) in [7, 11) is 1.99. The molecule has 0 radical (unpaired) electrons. The minimum absolute atomic E-state index is 0.192. The molecule has 0 saturated carbocycles. The lowest BCUT2D eigenvalue weighted by Gasteiger charge is -2.24. The van der Waals surface area contributed by atoms with Crippen molar-refractivity contribution in [1.82, 2.24) is 19.7 Å². The Morgan fingerprint density at radius 3 is 2.61 bits per heavy atom. The highest BCUT2D eigenvalue weighted by Crippen LogP contribution is 2.33. The predicted molar refractivity (Wildman–Crippen MR) is 109 cm³/mol. The van der Waals surface area contributed by atoms with Gasteiger partial charge in [0, 0.05) is 30.5 Å². The maximum Gasteiger partial charge on any atom is 0.123 e. The van der Waals surface area contributed by atoms with E-state index in [2.05, 4.69) is 36.0 Å². The molecule has 5 heteroatoms. The highest BCUT2D eigenvalue weighted by atomic mass is 19.1.